The second-order valence-electron chi connectivity index (χ2n) is 19.1. The van der Waals surface area contributed by atoms with Crippen LogP contribution < -0.4 is 25.7 Å². The Balaban J connectivity index is 0.970. The number of carbonyl (C=O) groups is 2. The zero-order chi connectivity index (χ0) is 57.3. The minimum absolute atomic E-state index is 0.00167. The highest BCUT2D eigenvalue weighted by Gasteiger charge is 2.46. The van der Waals surface area contributed by atoms with Crippen molar-refractivity contribution in [3.8, 4) is 17.6 Å². The molecule has 8 atom stereocenters. The van der Waals surface area contributed by atoms with Crippen molar-refractivity contribution in [3.05, 3.63) is 161 Å². The number of amides is 2. The van der Waals surface area contributed by atoms with E-state index in [1.807, 2.05) is 84.9 Å². The number of H-pyrrole nitrogens is 1. The molecule has 0 radical (unpaired) electrons. The molecule has 2 unspecified atom stereocenters. The van der Waals surface area contributed by atoms with Gasteiger partial charge in [0.2, 0.25) is 11.9 Å². The highest BCUT2D eigenvalue weighted by Crippen LogP contribution is 2.49. The van der Waals surface area contributed by atoms with E-state index in [0.29, 0.717) is 28.2 Å². The summed E-state index contributed by atoms with van der Waals surface area (Å²) >= 11 is 4.99. The van der Waals surface area contributed by atoms with Gasteiger partial charge >= 0.3 is 15.8 Å². The molecular weight excluding hydrogens is 1120 g/mol. The molecule has 6 heterocycles. The first-order valence-corrected chi connectivity index (χ1v) is 29.2. The second-order valence-corrected chi connectivity index (χ2v) is 21.8. The van der Waals surface area contributed by atoms with Gasteiger partial charge in [-0.2, -0.15) is 14.8 Å². The number of aromatic nitrogens is 8. The number of aromatic amines is 1. The van der Waals surface area contributed by atoms with E-state index in [2.05, 4.69) is 46.6 Å². The van der Waals surface area contributed by atoms with Gasteiger partial charge in [-0.05, 0) is 53.1 Å². The zero-order valence-electron chi connectivity index (χ0n) is 44.6. The molecule has 2 fully saturated rings. The first-order valence-electron chi connectivity index (χ1n) is 25.9. The predicted octanol–water partition coefficient (Wildman–Crippen LogP) is 8.56. The monoisotopic (exact) mass is 1170 g/mol. The summed E-state index contributed by atoms with van der Waals surface area (Å²) in [4.78, 5) is 63.9. The summed E-state index contributed by atoms with van der Waals surface area (Å²) < 4.78 is 72.9. The second kappa shape index (κ2) is 26.1. The Morgan fingerprint density at radius 3 is 2.13 bits per heavy atom. The fourth-order valence-corrected chi connectivity index (χ4v) is 11.5. The molecule has 0 saturated carbocycles. The van der Waals surface area contributed by atoms with Crippen molar-refractivity contribution in [2.45, 2.75) is 75.6 Å². The molecule has 3 N–H and O–H groups in total. The highest BCUT2D eigenvalue weighted by atomic mass is 32.7. The lowest BCUT2D eigenvalue weighted by molar-refractivity contribution is -0.118. The average Bonchev–Trinajstić information content (AvgIpc) is 4.28. The van der Waals surface area contributed by atoms with Crippen LogP contribution in [0.1, 0.15) is 72.6 Å². The molecule has 0 spiro atoms. The van der Waals surface area contributed by atoms with Crippen LogP contribution >= 0.6 is 15.8 Å². The lowest BCUT2D eigenvalue weighted by Gasteiger charge is -2.37. The molecule has 27 heteroatoms. The van der Waals surface area contributed by atoms with Gasteiger partial charge in [-0.1, -0.05) is 91.2 Å². The molecule has 2 saturated heterocycles. The maximum Gasteiger partial charge on any atom is 0.372 e. The summed E-state index contributed by atoms with van der Waals surface area (Å²) in [5, 5.41) is 15.1. The van der Waals surface area contributed by atoms with E-state index in [9.17, 15) is 24.2 Å². The Morgan fingerprint density at radius 2 is 1.48 bits per heavy atom. The van der Waals surface area contributed by atoms with Crippen LogP contribution in [-0.4, -0.2) is 109 Å². The molecule has 4 aromatic carbocycles. The van der Waals surface area contributed by atoms with Crippen LogP contribution in [0.2, 0.25) is 0 Å². The number of nitriles is 1. The lowest BCUT2D eigenvalue weighted by Crippen LogP contribution is -2.38. The smallest absolute Gasteiger partial charge is 0.372 e. The zero-order valence-corrected chi connectivity index (χ0v) is 47.2. The largest absolute Gasteiger partial charge is 0.497 e. The summed E-state index contributed by atoms with van der Waals surface area (Å²) in [5.74, 6) is 0.180. The fourth-order valence-electron chi connectivity index (χ4n) is 9.56. The minimum Gasteiger partial charge on any atom is -0.497 e. The molecule has 8 aromatic rings. The van der Waals surface area contributed by atoms with E-state index >= 15 is 0 Å². The Labute approximate surface area is 476 Å². The Bertz CT molecular complexity index is 3580. The van der Waals surface area contributed by atoms with E-state index in [1.165, 1.54) is 17.2 Å². The number of nitrogens with one attached hydrogen (secondary N) is 3. The Kier molecular flexibility index (Phi) is 18.4. The third-order valence-electron chi connectivity index (χ3n) is 13.6. The number of hydrogen-bond donors (Lipinski definition) is 3. The Hall–Kier alpha value is -7.59. The maximum absolute atomic E-state index is 13.3. The van der Waals surface area contributed by atoms with Crippen LogP contribution in [0, 0.1) is 17.2 Å². The van der Waals surface area contributed by atoms with Gasteiger partial charge in [-0.25, -0.2) is 19.9 Å². The molecule has 4 aromatic heterocycles. The summed E-state index contributed by atoms with van der Waals surface area (Å²) in [5.41, 5.74) is 1.54. The van der Waals surface area contributed by atoms with E-state index in [0.717, 1.165) is 16.7 Å². The van der Waals surface area contributed by atoms with Gasteiger partial charge in [0.05, 0.1) is 71.4 Å². The summed E-state index contributed by atoms with van der Waals surface area (Å²) in [6.45, 7) is 3.04. The van der Waals surface area contributed by atoms with Crippen LogP contribution in [-0.2, 0) is 59.5 Å². The summed E-state index contributed by atoms with van der Waals surface area (Å²) in [7, 11) is -1.71. The van der Waals surface area contributed by atoms with Gasteiger partial charge in [0.25, 0.3) is 11.5 Å². The topological polar surface area (TPSA) is 289 Å². The molecule has 424 valence electrons. The average molecular weight is 1170 g/mol. The highest BCUT2D eigenvalue weighted by molar-refractivity contribution is 8.25. The van der Waals surface area contributed by atoms with Crippen molar-refractivity contribution >= 4 is 74.0 Å². The standard InChI is InChI=1S/C55H55N11O13P2S/c1-33(2)50(67)63-54-62-49-46(52(69)64-54)60-32-66(49)53-42(78-80(70)82)26-40(76-53)28-75-81(74-25-11-24-56)79-41-27-44(65-31-59-45-47(57-30-58-48(45)65)61-51(68)34-12-7-5-8-13-34)77-43(41)29-73-55(35-14-9-6-10-15-35,36-16-20-38(71-3)21-17-36)37-18-22-39(72-4)23-19-37/h5-10,12-23,30-33,40-44,53H,11,25-29H2,1-4H3,(H,57,58,61,68)(H2,62,63,64,67,69)/t40-,41-,42+,43+,44+,53+,81?/m0/s1. The van der Waals surface area contributed by atoms with Gasteiger partial charge in [-0.3, -0.25) is 33.8 Å². The van der Waals surface area contributed by atoms with Crippen LogP contribution in [0.3, 0.4) is 0 Å². The van der Waals surface area contributed by atoms with Gasteiger partial charge in [-0.15, -0.1) is 0 Å². The summed E-state index contributed by atoms with van der Waals surface area (Å²) in [6, 6.07) is 35.8. The normalized spacial score (nSPS) is 19.5. The van der Waals surface area contributed by atoms with Crippen molar-refractivity contribution in [1.29, 1.82) is 5.26 Å². The number of methoxy groups -OCH3 is 2. The number of imidazole rings is 2. The van der Waals surface area contributed by atoms with Gasteiger partial charge in [0, 0.05) is 24.3 Å². The van der Waals surface area contributed by atoms with Crippen molar-refractivity contribution < 1.29 is 55.9 Å². The molecule has 82 heavy (non-hydrogen) atoms. The van der Waals surface area contributed by atoms with Crippen LogP contribution in [0.4, 0.5) is 11.8 Å². The van der Waals surface area contributed by atoms with E-state index in [-0.39, 0.29) is 73.8 Å². The van der Waals surface area contributed by atoms with Gasteiger partial charge in [0.15, 0.2) is 40.5 Å². The molecule has 0 bridgehead atoms. The van der Waals surface area contributed by atoms with Gasteiger partial charge < -0.3 is 54.8 Å². The molecule has 2 aliphatic heterocycles. The van der Waals surface area contributed by atoms with Crippen LogP contribution in [0.15, 0.2) is 133 Å². The van der Waals surface area contributed by atoms with Crippen molar-refractivity contribution in [1.82, 2.24) is 39.0 Å². The molecule has 0 aliphatic carbocycles. The predicted molar refractivity (Wildman–Crippen MR) is 300 cm³/mol. The summed E-state index contributed by atoms with van der Waals surface area (Å²) in [6.07, 6.45) is -0.863. The van der Waals surface area contributed by atoms with Crippen molar-refractivity contribution in [2.24, 2.45) is 5.92 Å². The number of ether oxygens (including phenoxy) is 5. The maximum atomic E-state index is 13.3. The van der Waals surface area contributed by atoms with E-state index < -0.39 is 69.8 Å². The van der Waals surface area contributed by atoms with Crippen LogP contribution in [0.25, 0.3) is 22.3 Å². The van der Waals surface area contributed by atoms with Crippen molar-refractivity contribution in [3.63, 3.8) is 0 Å². The third kappa shape index (κ3) is 12.7. The molecule has 10 rings (SSSR count). The number of carbonyl (C=O) groups excluding carboxylic acids is 2. The van der Waals surface area contributed by atoms with Gasteiger partial charge in [0.1, 0.15) is 35.8 Å². The number of benzene rings is 4. The molecular formula is C55H55N11O13P2S. The molecule has 24 nitrogen and oxygen atoms in total. The van der Waals surface area contributed by atoms with Crippen molar-refractivity contribution in [2.75, 3.05) is 44.7 Å². The first-order chi connectivity index (χ1) is 39.8. The number of fused-ring (bicyclic) bond motifs is 2. The first kappa shape index (κ1) is 57.6. The fraction of sp³-hybridized carbons (Fsp3) is 0.327. The SMILES string of the molecule is COc1ccc(C(OC[C@H]2O[C@@H](n3cnc4c(NC(=O)c5ccccc5)ncnc43)C[C@@H]2OP(OCCC#N)OC[C@@H]2C[C@@H](O[P+](=O)[S-])[C@H](n3cnc4c(=O)[nH]c(NC(=O)C(C)C)nc43)O2)(c2ccccc2)c2ccc(OC)cc2)cc1. The number of hydrogen-bond acceptors (Lipinski definition) is 20. The third-order valence-corrected chi connectivity index (χ3v) is 15.5. The minimum atomic E-state index is -2.58. The Morgan fingerprint density at radius 1 is 0.817 bits per heavy atom. The lowest BCUT2D eigenvalue weighted by atomic mass is 9.80. The quantitative estimate of drug-likeness (QED) is 0.0221. The van der Waals surface area contributed by atoms with E-state index in [4.69, 9.17) is 54.0 Å². The number of anilines is 2. The molecule has 2 amide bonds. The van der Waals surface area contributed by atoms with E-state index in [1.54, 1.807) is 63.2 Å². The molecule has 2 aliphatic rings. The number of nitrogens with zero attached hydrogens (tertiary/aromatic N) is 8. The number of rotatable bonds is 24. The van der Waals surface area contributed by atoms with Crippen LogP contribution in [0.5, 0.6) is 11.5 Å².